The number of likely N-dealkylation sites (N-methyl/N-ethyl adjacent to an activating group) is 1. The predicted octanol–water partition coefficient (Wildman–Crippen LogP) is 4.15. The molecule has 0 aliphatic carbocycles. The summed E-state index contributed by atoms with van der Waals surface area (Å²) in [6.45, 7) is 5.24. The first-order valence-corrected chi connectivity index (χ1v) is 7.85. The summed E-state index contributed by atoms with van der Waals surface area (Å²) in [5.41, 5.74) is 3.42. The second-order valence-corrected chi connectivity index (χ2v) is 5.79. The van der Waals surface area contributed by atoms with Gasteiger partial charge in [-0.1, -0.05) is 12.1 Å². The molecular formula is C18H21FN2OS. The standard InChI is InChI=1S/C18H21FN2OS/c1-13-5-4-6-17(14(13)2)20-18(23)21(3)11-12-22-16-9-7-15(19)8-10-16/h4-10H,11-12H2,1-3H3,(H,20,23). The Kier molecular flexibility index (Phi) is 5.93. The quantitative estimate of drug-likeness (QED) is 0.831. The lowest BCUT2D eigenvalue weighted by Crippen LogP contribution is -2.34. The largest absolute Gasteiger partial charge is 0.492 e. The topological polar surface area (TPSA) is 24.5 Å². The van der Waals surface area contributed by atoms with Crippen molar-refractivity contribution in [2.75, 3.05) is 25.5 Å². The summed E-state index contributed by atoms with van der Waals surface area (Å²) in [6, 6.07) is 12.1. The molecule has 0 aromatic heterocycles. The number of ether oxygens (including phenoxy) is 1. The number of halogens is 1. The Balaban J connectivity index is 1.83. The van der Waals surface area contributed by atoms with Crippen LogP contribution in [0, 0.1) is 19.7 Å². The minimum absolute atomic E-state index is 0.270. The maximum atomic E-state index is 12.8. The van der Waals surface area contributed by atoms with Crippen LogP contribution in [0.2, 0.25) is 0 Å². The summed E-state index contributed by atoms with van der Waals surface area (Å²) < 4.78 is 18.4. The molecule has 2 rings (SSSR count). The summed E-state index contributed by atoms with van der Waals surface area (Å²) >= 11 is 5.42. The lowest BCUT2D eigenvalue weighted by molar-refractivity contribution is 0.285. The highest BCUT2D eigenvalue weighted by molar-refractivity contribution is 7.80. The van der Waals surface area contributed by atoms with E-state index < -0.39 is 0 Å². The lowest BCUT2D eigenvalue weighted by Gasteiger charge is -2.22. The van der Waals surface area contributed by atoms with Crippen LogP contribution in [-0.2, 0) is 0 Å². The summed E-state index contributed by atoms with van der Waals surface area (Å²) in [6.07, 6.45) is 0. The van der Waals surface area contributed by atoms with Crippen LogP contribution in [0.3, 0.4) is 0 Å². The molecule has 5 heteroatoms. The van der Waals surface area contributed by atoms with E-state index in [1.54, 1.807) is 12.1 Å². The first-order chi connectivity index (χ1) is 11.0. The molecule has 0 saturated carbocycles. The van der Waals surface area contributed by atoms with Gasteiger partial charge in [0.05, 0.1) is 6.54 Å². The van der Waals surface area contributed by atoms with Crippen molar-refractivity contribution in [1.82, 2.24) is 4.90 Å². The summed E-state index contributed by atoms with van der Waals surface area (Å²) in [7, 11) is 1.91. The Morgan fingerprint density at radius 1 is 1.17 bits per heavy atom. The summed E-state index contributed by atoms with van der Waals surface area (Å²) in [5, 5.41) is 3.90. The van der Waals surface area contributed by atoms with Gasteiger partial charge in [-0.15, -0.1) is 0 Å². The summed E-state index contributed by atoms with van der Waals surface area (Å²) in [4.78, 5) is 1.92. The predicted molar refractivity (Wildman–Crippen MR) is 96.7 cm³/mol. The van der Waals surface area contributed by atoms with E-state index >= 15 is 0 Å². The van der Waals surface area contributed by atoms with Crippen molar-refractivity contribution in [3.63, 3.8) is 0 Å². The number of aryl methyl sites for hydroxylation is 1. The number of thiocarbonyl (C=S) groups is 1. The van der Waals surface area contributed by atoms with Crippen LogP contribution in [0.15, 0.2) is 42.5 Å². The van der Waals surface area contributed by atoms with Gasteiger partial charge in [-0.05, 0) is 67.5 Å². The Morgan fingerprint density at radius 2 is 1.87 bits per heavy atom. The van der Waals surface area contributed by atoms with Gasteiger partial charge in [0.25, 0.3) is 0 Å². The zero-order chi connectivity index (χ0) is 16.8. The molecule has 0 amide bonds. The molecule has 0 saturated heterocycles. The van der Waals surface area contributed by atoms with Gasteiger partial charge < -0.3 is 15.0 Å². The molecule has 122 valence electrons. The Bertz CT molecular complexity index is 673. The Morgan fingerprint density at radius 3 is 2.57 bits per heavy atom. The molecule has 0 fully saturated rings. The molecule has 0 aliphatic rings. The smallest absolute Gasteiger partial charge is 0.173 e. The number of hydrogen-bond acceptors (Lipinski definition) is 2. The van der Waals surface area contributed by atoms with Crippen LogP contribution in [-0.4, -0.2) is 30.2 Å². The van der Waals surface area contributed by atoms with Gasteiger partial charge >= 0.3 is 0 Å². The van der Waals surface area contributed by atoms with Crippen molar-refractivity contribution in [2.45, 2.75) is 13.8 Å². The van der Waals surface area contributed by atoms with Crippen LogP contribution in [0.25, 0.3) is 0 Å². The molecule has 2 aromatic carbocycles. The highest BCUT2D eigenvalue weighted by Gasteiger charge is 2.07. The first kappa shape index (κ1) is 17.2. The van der Waals surface area contributed by atoms with E-state index in [0.717, 1.165) is 5.69 Å². The molecule has 0 unspecified atom stereocenters. The molecule has 0 atom stereocenters. The fraction of sp³-hybridized carbons (Fsp3) is 0.278. The van der Waals surface area contributed by atoms with E-state index in [9.17, 15) is 4.39 Å². The highest BCUT2D eigenvalue weighted by Crippen LogP contribution is 2.18. The maximum Gasteiger partial charge on any atom is 0.173 e. The van der Waals surface area contributed by atoms with Crippen molar-refractivity contribution in [3.05, 3.63) is 59.4 Å². The molecule has 2 aromatic rings. The van der Waals surface area contributed by atoms with Gasteiger partial charge in [0.15, 0.2) is 5.11 Å². The average molecular weight is 332 g/mol. The van der Waals surface area contributed by atoms with Crippen molar-refractivity contribution >= 4 is 23.0 Å². The van der Waals surface area contributed by atoms with Crippen LogP contribution >= 0.6 is 12.2 Å². The first-order valence-electron chi connectivity index (χ1n) is 7.44. The monoisotopic (exact) mass is 332 g/mol. The second-order valence-electron chi connectivity index (χ2n) is 5.40. The minimum Gasteiger partial charge on any atom is -0.492 e. The van der Waals surface area contributed by atoms with Gasteiger partial charge in [0, 0.05) is 12.7 Å². The van der Waals surface area contributed by atoms with E-state index in [-0.39, 0.29) is 5.82 Å². The van der Waals surface area contributed by atoms with Gasteiger partial charge in [0.1, 0.15) is 18.2 Å². The molecular weight excluding hydrogens is 311 g/mol. The van der Waals surface area contributed by atoms with Gasteiger partial charge in [-0.2, -0.15) is 0 Å². The maximum absolute atomic E-state index is 12.8. The van der Waals surface area contributed by atoms with Gasteiger partial charge in [-0.3, -0.25) is 0 Å². The van der Waals surface area contributed by atoms with Crippen molar-refractivity contribution in [2.24, 2.45) is 0 Å². The van der Waals surface area contributed by atoms with Crippen LogP contribution < -0.4 is 10.1 Å². The second kappa shape index (κ2) is 7.92. The highest BCUT2D eigenvalue weighted by atomic mass is 32.1. The molecule has 3 nitrogen and oxygen atoms in total. The van der Waals surface area contributed by atoms with E-state index in [1.807, 2.05) is 24.1 Å². The van der Waals surface area contributed by atoms with Crippen LogP contribution in [0.5, 0.6) is 5.75 Å². The Hall–Kier alpha value is -2.14. The van der Waals surface area contributed by atoms with Crippen LogP contribution in [0.4, 0.5) is 10.1 Å². The fourth-order valence-corrected chi connectivity index (χ4v) is 2.23. The van der Waals surface area contributed by atoms with E-state index in [4.69, 9.17) is 17.0 Å². The molecule has 23 heavy (non-hydrogen) atoms. The average Bonchev–Trinajstić information content (AvgIpc) is 2.53. The van der Waals surface area contributed by atoms with Gasteiger partial charge in [-0.25, -0.2) is 4.39 Å². The van der Waals surface area contributed by atoms with Crippen LogP contribution in [0.1, 0.15) is 11.1 Å². The molecule has 0 heterocycles. The zero-order valence-electron chi connectivity index (χ0n) is 13.6. The SMILES string of the molecule is Cc1cccc(NC(=S)N(C)CCOc2ccc(F)cc2)c1C. The normalized spacial score (nSPS) is 10.3. The van der Waals surface area contributed by atoms with Gasteiger partial charge in [0.2, 0.25) is 0 Å². The van der Waals surface area contributed by atoms with Crippen molar-refractivity contribution in [1.29, 1.82) is 0 Å². The Labute approximate surface area is 142 Å². The van der Waals surface area contributed by atoms with E-state index in [2.05, 4.69) is 25.2 Å². The number of nitrogens with zero attached hydrogens (tertiary/aromatic N) is 1. The minimum atomic E-state index is -0.270. The molecule has 0 radical (unpaired) electrons. The zero-order valence-corrected chi connectivity index (χ0v) is 14.4. The third-order valence-electron chi connectivity index (χ3n) is 3.70. The number of nitrogens with one attached hydrogen (secondary N) is 1. The lowest BCUT2D eigenvalue weighted by atomic mass is 10.1. The number of benzene rings is 2. The molecule has 0 aliphatic heterocycles. The van der Waals surface area contributed by atoms with Crippen molar-refractivity contribution in [3.8, 4) is 5.75 Å². The molecule has 0 bridgehead atoms. The number of anilines is 1. The molecule has 0 spiro atoms. The number of hydrogen-bond donors (Lipinski definition) is 1. The summed E-state index contributed by atoms with van der Waals surface area (Å²) in [5.74, 6) is 0.376. The van der Waals surface area contributed by atoms with E-state index in [1.165, 1.54) is 23.3 Å². The van der Waals surface area contributed by atoms with Crippen molar-refractivity contribution < 1.29 is 9.13 Å². The third-order valence-corrected chi connectivity index (χ3v) is 4.12. The third kappa shape index (κ3) is 4.93. The molecule has 1 N–H and O–H groups in total. The fourth-order valence-electron chi connectivity index (χ4n) is 2.03. The number of rotatable bonds is 5. The van der Waals surface area contributed by atoms with E-state index in [0.29, 0.717) is 24.0 Å².